The van der Waals surface area contributed by atoms with Crippen molar-refractivity contribution in [1.82, 2.24) is 5.32 Å². The lowest BCUT2D eigenvalue weighted by atomic mass is 9.97. The second-order valence-corrected chi connectivity index (χ2v) is 6.99. The lowest BCUT2D eigenvalue weighted by Gasteiger charge is -2.23. The molecule has 2 N–H and O–H groups in total. The minimum atomic E-state index is -2.90. The molecule has 0 heterocycles. The smallest absolute Gasteiger partial charge is 0.147 e. The maximum Gasteiger partial charge on any atom is 0.147 e. The zero-order valence-electron chi connectivity index (χ0n) is 10.6. The number of hydrogen-bond acceptors (Lipinski definition) is 4. The number of hydrogen-bond donors (Lipinski definition) is 2. The van der Waals surface area contributed by atoms with E-state index in [1.807, 2.05) is 0 Å². The summed E-state index contributed by atoms with van der Waals surface area (Å²) < 4.78 is 21.8. The highest BCUT2D eigenvalue weighted by Crippen LogP contribution is 2.16. The molecule has 0 amide bonds. The van der Waals surface area contributed by atoms with E-state index < -0.39 is 15.4 Å². The monoisotopic (exact) mass is 251 g/mol. The van der Waals surface area contributed by atoms with Crippen LogP contribution in [-0.2, 0) is 9.84 Å². The number of rotatable bonds is 9. The molecule has 1 unspecified atom stereocenters. The Morgan fingerprint density at radius 3 is 2.38 bits per heavy atom. The third-order valence-corrected chi connectivity index (χ3v) is 3.53. The Hall–Kier alpha value is -0.130. The molecule has 5 heteroatoms. The van der Waals surface area contributed by atoms with Gasteiger partial charge in [0.15, 0.2) is 0 Å². The van der Waals surface area contributed by atoms with Crippen molar-refractivity contribution in [1.29, 1.82) is 0 Å². The number of aliphatic hydroxyl groups is 1. The second kappa shape index (κ2) is 7.25. The fourth-order valence-electron chi connectivity index (χ4n) is 1.50. The van der Waals surface area contributed by atoms with Crippen molar-refractivity contribution in [3.63, 3.8) is 0 Å². The molecule has 0 aromatic rings. The van der Waals surface area contributed by atoms with Crippen LogP contribution in [0.15, 0.2) is 0 Å². The Balaban J connectivity index is 3.70. The van der Waals surface area contributed by atoms with Crippen LogP contribution in [0.25, 0.3) is 0 Å². The molecule has 0 aliphatic rings. The van der Waals surface area contributed by atoms with Crippen LogP contribution in [-0.4, -0.2) is 44.2 Å². The first kappa shape index (κ1) is 15.9. The molecular formula is C11H25NO3S. The van der Waals surface area contributed by atoms with Gasteiger partial charge in [0.25, 0.3) is 0 Å². The van der Waals surface area contributed by atoms with E-state index in [4.69, 9.17) is 0 Å². The first-order chi connectivity index (χ1) is 7.27. The van der Waals surface area contributed by atoms with E-state index >= 15 is 0 Å². The zero-order chi connectivity index (χ0) is 12.7. The van der Waals surface area contributed by atoms with E-state index in [-0.39, 0.29) is 5.75 Å². The summed E-state index contributed by atoms with van der Waals surface area (Å²) in [5, 5.41) is 13.2. The van der Waals surface area contributed by atoms with Crippen LogP contribution in [0, 0.1) is 0 Å². The van der Waals surface area contributed by atoms with Gasteiger partial charge in [-0.05, 0) is 45.7 Å². The molecule has 0 bridgehead atoms. The van der Waals surface area contributed by atoms with Gasteiger partial charge in [-0.2, -0.15) is 0 Å². The maximum atomic E-state index is 10.9. The highest BCUT2D eigenvalue weighted by Gasteiger charge is 2.19. The lowest BCUT2D eigenvalue weighted by Crippen LogP contribution is -2.30. The van der Waals surface area contributed by atoms with E-state index in [9.17, 15) is 13.5 Å². The van der Waals surface area contributed by atoms with Gasteiger partial charge >= 0.3 is 0 Å². The van der Waals surface area contributed by atoms with Gasteiger partial charge in [0.2, 0.25) is 0 Å². The van der Waals surface area contributed by atoms with Gasteiger partial charge in [-0.1, -0.05) is 6.92 Å². The fourth-order valence-corrected chi connectivity index (χ4v) is 2.17. The van der Waals surface area contributed by atoms with Crippen molar-refractivity contribution in [2.45, 2.75) is 45.1 Å². The molecule has 16 heavy (non-hydrogen) atoms. The average Bonchev–Trinajstić information content (AvgIpc) is 2.10. The van der Waals surface area contributed by atoms with Crippen LogP contribution in [0.3, 0.4) is 0 Å². The highest BCUT2D eigenvalue weighted by molar-refractivity contribution is 7.90. The Morgan fingerprint density at radius 1 is 1.25 bits per heavy atom. The quantitative estimate of drug-likeness (QED) is 0.599. The molecule has 0 fully saturated rings. The van der Waals surface area contributed by atoms with Gasteiger partial charge in [-0.15, -0.1) is 0 Å². The van der Waals surface area contributed by atoms with Crippen molar-refractivity contribution in [2.75, 3.05) is 25.1 Å². The molecule has 0 aromatic heterocycles. The lowest BCUT2D eigenvalue weighted by molar-refractivity contribution is 0.0418. The third kappa shape index (κ3) is 10.4. The summed E-state index contributed by atoms with van der Waals surface area (Å²) in [6.07, 6.45) is 4.03. The Kier molecular flexibility index (Phi) is 7.19. The van der Waals surface area contributed by atoms with Crippen LogP contribution < -0.4 is 5.32 Å². The SMILES string of the molecule is CCCNCCC(C)(O)CCCS(C)(=O)=O. The second-order valence-electron chi connectivity index (χ2n) is 4.73. The molecule has 1 atom stereocenters. The molecule has 98 valence electrons. The standard InChI is InChI=1S/C11H25NO3S/c1-4-8-12-9-7-11(2,13)6-5-10-16(3,14)15/h12-13H,4-10H2,1-3H3. The highest BCUT2D eigenvalue weighted by atomic mass is 32.2. The Bertz CT molecular complexity index is 273. The normalized spacial score (nSPS) is 16.0. The number of sulfone groups is 1. The third-order valence-electron chi connectivity index (χ3n) is 2.50. The van der Waals surface area contributed by atoms with E-state index in [0.29, 0.717) is 19.3 Å². The average molecular weight is 251 g/mol. The largest absolute Gasteiger partial charge is 0.390 e. The van der Waals surface area contributed by atoms with Crippen molar-refractivity contribution >= 4 is 9.84 Å². The van der Waals surface area contributed by atoms with Gasteiger partial charge < -0.3 is 10.4 Å². The first-order valence-corrected chi connectivity index (χ1v) is 7.94. The van der Waals surface area contributed by atoms with Gasteiger partial charge in [-0.25, -0.2) is 8.42 Å². The minimum Gasteiger partial charge on any atom is -0.390 e. The van der Waals surface area contributed by atoms with Crippen LogP contribution in [0.1, 0.15) is 39.5 Å². The molecule has 0 rings (SSSR count). The zero-order valence-corrected chi connectivity index (χ0v) is 11.4. The minimum absolute atomic E-state index is 0.158. The Labute approximate surface area is 99.4 Å². The summed E-state index contributed by atoms with van der Waals surface area (Å²) in [5.74, 6) is 0.158. The molecule has 0 aromatic carbocycles. The molecule has 0 aliphatic heterocycles. The number of nitrogens with one attached hydrogen (secondary N) is 1. The molecule has 4 nitrogen and oxygen atoms in total. The van der Waals surface area contributed by atoms with Crippen molar-refractivity contribution in [2.24, 2.45) is 0 Å². The van der Waals surface area contributed by atoms with E-state index in [0.717, 1.165) is 19.5 Å². The summed E-state index contributed by atoms with van der Waals surface area (Å²) in [4.78, 5) is 0. The van der Waals surface area contributed by atoms with Crippen LogP contribution in [0.5, 0.6) is 0 Å². The molecule has 0 spiro atoms. The summed E-state index contributed by atoms with van der Waals surface area (Å²) in [5.41, 5.74) is -0.759. The van der Waals surface area contributed by atoms with Crippen molar-refractivity contribution in [3.05, 3.63) is 0 Å². The molecule has 0 radical (unpaired) electrons. The topological polar surface area (TPSA) is 66.4 Å². The first-order valence-electron chi connectivity index (χ1n) is 5.88. The maximum absolute atomic E-state index is 10.9. The predicted octanol–water partition coefficient (Wildman–Crippen LogP) is 0.952. The molecular weight excluding hydrogens is 226 g/mol. The van der Waals surface area contributed by atoms with Gasteiger partial charge in [-0.3, -0.25) is 0 Å². The Morgan fingerprint density at radius 2 is 1.88 bits per heavy atom. The van der Waals surface area contributed by atoms with E-state index in [1.165, 1.54) is 6.26 Å². The predicted molar refractivity (Wildman–Crippen MR) is 67.3 cm³/mol. The van der Waals surface area contributed by atoms with Crippen LogP contribution in [0.4, 0.5) is 0 Å². The molecule has 0 aliphatic carbocycles. The summed E-state index contributed by atoms with van der Waals surface area (Å²) in [7, 11) is -2.90. The van der Waals surface area contributed by atoms with Gasteiger partial charge in [0.1, 0.15) is 9.84 Å². The van der Waals surface area contributed by atoms with Crippen molar-refractivity contribution in [3.8, 4) is 0 Å². The van der Waals surface area contributed by atoms with Crippen LogP contribution >= 0.6 is 0 Å². The summed E-state index contributed by atoms with van der Waals surface area (Å²) in [6.45, 7) is 5.60. The van der Waals surface area contributed by atoms with E-state index in [1.54, 1.807) is 6.92 Å². The fraction of sp³-hybridized carbons (Fsp3) is 1.00. The summed E-state index contributed by atoms with van der Waals surface area (Å²) in [6, 6.07) is 0. The van der Waals surface area contributed by atoms with E-state index in [2.05, 4.69) is 12.2 Å². The summed E-state index contributed by atoms with van der Waals surface area (Å²) >= 11 is 0. The van der Waals surface area contributed by atoms with Crippen molar-refractivity contribution < 1.29 is 13.5 Å². The van der Waals surface area contributed by atoms with Crippen LogP contribution in [0.2, 0.25) is 0 Å². The molecule has 0 saturated carbocycles. The van der Waals surface area contributed by atoms with Gasteiger partial charge in [0.05, 0.1) is 5.60 Å². The van der Waals surface area contributed by atoms with Gasteiger partial charge in [0, 0.05) is 12.0 Å². The molecule has 0 saturated heterocycles.